The van der Waals surface area contributed by atoms with Crippen LogP contribution < -0.4 is 0 Å². The summed E-state index contributed by atoms with van der Waals surface area (Å²) in [7, 11) is 0. The summed E-state index contributed by atoms with van der Waals surface area (Å²) in [6.07, 6.45) is 0. The van der Waals surface area contributed by atoms with Gasteiger partial charge in [0.05, 0.1) is 11.4 Å². The Morgan fingerprint density at radius 3 is 1.64 bits per heavy atom. The summed E-state index contributed by atoms with van der Waals surface area (Å²) in [6.45, 7) is 0. The highest BCUT2D eigenvalue weighted by molar-refractivity contribution is 7.26. The molecule has 0 unspecified atom stereocenters. The molecule has 0 saturated heterocycles. The van der Waals surface area contributed by atoms with Gasteiger partial charge >= 0.3 is 0 Å². The van der Waals surface area contributed by atoms with E-state index in [-0.39, 0.29) is 0 Å². The minimum absolute atomic E-state index is 0.733. The third kappa shape index (κ3) is 4.89. The molecule has 2 heterocycles. The number of rotatable bonds is 5. The second-order valence-electron chi connectivity index (χ2n) is 11.8. The van der Waals surface area contributed by atoms with E-state index in [9.17, 15) is 0 Å². The zero-order valence-electron chi connectivity index (χ0n) is 25.5. The Morgan fingerprint density at radius 2 is 0.936 bits per heavy atom. The Morgan fingerprint density at radius 1 is 0.383 bits per heavy atom. The van der Waals surface area contributed by atoms with Gasteiger partial charge in [-0.25, -0.2) is 9.97 Å². The highest BCUT2D eigenvalue weighted by Gasteiger charge is 2.19. The maximum absolute atomic E-state index is 5.20. The highest BCUT2D eigenvalue weighted by atomic mass is 32.1. The van der Waals surface area contributed by atoms with Crippen molar-refractivity contribution in [1.82, 2.24) is 9.97 Å². The van der Waals surface area contributed by atoms with Crippen LogP contribution in [0.1, 0.15) is 0 Å². The molecule has 3 heteroatoms. The van der Waals surface area contributed by atoms with E-state index in [4.69, 9.17) is 9.97 Å². The summed E-state index contributed by atoms with van der Waals surface area (Å²) < 4.78 is 2.50. The molecular weight excluding hydrogens is 589 g/mol. The van der Waals surface area contributed by atoms with Crippen molar-refractivity contribution < 1.29 is 0 Å². The summed E-state index contributed by atoms with van der Waals surface area (Å²) in [5.74, 6) is 0.733. The van der Waals surface area contributed by atoms with Crippen LogP contribution in [0.3, 0.4) is 0 Å². The number of nitrogens with zero attached hydrogens (tertiary/aromatic N) is 2. The Kier molecular flexibility index (Phi) is 6.69. The van der Waals surface area contributed by atoms with Crippen molar-refractivity contribution in [3.8, 4) is 56.2 Å². The lowest BCUT2D eigenvalue weighted by Crippen LogP contribution is -1.96. The van der Waals surface area contributed by atoms with Crippen molar-refractivity contribution in [1.29, 1.82) is 0 Å². The minimum atomic E-state index is 0.733. The van der Waals surface area contributed by atoms with Gasteiger partial charge in [-0.1, -0.05) is 152 Å². The third-order valence-corrected chi connectivity index (χ3v) is 10.1. The SMILES string of the molecule is c1ccc(-c2cc(-c3ccccc3)nc(-c3ccc(-c4ccc(-c5cccc6ccccc56)cc4)c4sc5ccccc5c34)n2)cc1. The van der Waals surface area contributed by atoms with E-state index >= 15 is 0 Å². The second kappa shape index (κ2) is 11.5. The van der Waals surface area contributed by atoms with Gasteiger partial charge in [-0.2, -0.15) is 0 Å². The van der Waals surface area contributed by atoms with Crippen molar-refractivity contribution in [3.63, 3.8) is 0 Å². The molecule has 2 nitrogen and oxygen atoms in total. The lowest BCUT2D eigenvalue weighted by atomic mass is 9.94. The first-order valence-electron chi connectivity index (χ1n) is 15.8. The minimum Gasteiger partial charge on any atom is -0.228 e. The predicted molar refractivity (Wildman–Crippen MR) is 200 cm³/mol. The van der Waals surface area contributed by atoms with Crippen LogP contribution in [0.5, 0.6) is 0 Å². The third-order valence-electron chi connectivity index (χ3n) is 8.93. The molecule has 9 rings (SSSR count). The standard InChI is InChI=1S/C44H28N2S/c1-3-13-32(14-4-1)39-28-40(33-15-5-2-6-16-33)46-44(45-39)38-27-26-36(43-42(38)37-19-9-10-21-41(37)47-43)31-24-22-30(23-25-31)35-20-11-17-29-12-7-8-18-34(29)35/h1-28H. The molecule has 0 saturated carbocycles. The lowest BCUT2D eigenvalue weighted by molar-refractivity contribution is 1.19. The van der Waals surface area contributed by atoms with E-state index in [0.29, 0.717) is 0 Å². The molecule has 47 heavy (non-hydrogen) atoms. The van der Waals surface area contributed by atoms with Gasteiger partial charge < -0.3 is 0 Å². The van der Waals surface area contributed by atoms with E-state index in [2.05, 4.69) is 158 Å². The van der Waals surface area contributed by atoms with Gasteiger partial charge in [-0.15, -0.1) is 11.3 Å². The first kappa shape index (κ1) is 27.4. The second-order valence-corrected chi connectivity index (χ2v) is 12.8. The van der Waals surface area contributed by atoms with Gasteiger partial charge in [0.15, 0.2) is 5.82 Å². The number of aromatic nitrogens is 2. The maximum Gasteiger partial charge on any atom is 0.161 e. The quantitative estimate of drug-likeness (QED) is 0.192. The average Bonchev–Trinajstić information content (AvgIpc) is 3.55. The number of fused-ring (bicyclic) bond motifs is 4. The summed E-state index contributed by atoms with van der Waals surface area (Å²) in [5.41, 5.74) is 9.90. The molecule has 0 radical (unpaired) electrons. The highest BCUT2D eigenvalue weighted by Crippen LogP contribution is 2.45. The van der Waals surface area contributed by atoms with Crippen molar-refractivity contribution >= 4 is 42.3 Å². The van der Waals surface area contributed by atoms with Gasteiger partial charge in [0.25, 0.3) is 0 Å². The molecule has 0 amide bonds. The van der Waals surface area contributed by atoms with Crippen LogP contribution in [-0.4, -0.2) is 9.97 Å². The summed E-state index contributed by atoms with van der Waals surface area (Å²) in [6, 6.07) is 60.2. The van der Waals surface area contributed by atoms with Crippen molar-refractivity contribution in [2.75, 3.05) is 0 Å². The molecule has 0 aliphatic heterocycles. The predicted octanol–water partition coefficient (Wildman–Crippen LogP) is 12.3. The molecular formula is C44H28N2S. The van der Waals surface area contributed by atoms with E-state index in [1.807, 2.05) is 23.5 Å². The molecule has 0 atom stereocenters. The van der Waals surface area contributed by atoms with E-state index in [1.165, 1.54) is 53.2 Å². The molecule has 0 aliphatic carbocycles. The van der Waals surface area contributed by atoms with Crippen LogP contribution in [0.2, 0.25) is 0 Å². The average molecular weight is 617 g/mol. The van der Waals surface area contributed by atoms with Crippen LogP contribution in [0, 0.1) is 0 Å². The van der Waals surface area contributed by atoms with E-state index < -0.39 is 0 Å². The van der Waals surface area contributed by atoms with Gasteiger partial charge in [0, 0.05) is 36.9 Å². The van der Waals surface area contributed by atoms with E-state index in [0.717, 1.165) is 33.9 Å². The Hall–Kier alpha value is -5.90. The molecule has 0 N–H and O–H groups in total. The van der Waals surface area contributed by atoms with Crippen LogP contribution >= 0.6 is 11.3 Å². The molecule has 220 valence electrons. The van der Waals surface area contributed by atoms with Crippen LogP contribution in [0.4, 0.5) is 0 Å². The molecule has 0 fully saturated rings. The zero-order valence-corrected chi connectivity index (χ0v) is 26.3. The fourth-order valence-corrected chi connectivity index (χ4v) is 7.89. The summed E-state index contributed by atoms with van der Waals surface area (Å²) in [4.78, 5) is 10.4. The lowest BCUT2D eigenvalue weighted by Gasteiger charge is -2.13. The monoisotopic (exact) mass is 616 g/mol. The van der Waals surface area contributed by atoms with Crippen LogP contribution in [-0.2, 0) is 0 Å². The molecule has 2 aromatic heterocycles. The first-order valence-corrected chi connectivity index (χ1v) is 16.6. The number of thiophene rings is 1. The fourth-order valence-electron chi connectivity index (χ4n) is 6.63. The molecule has 9 aromatic rings. The first-order chi connectivity index (χ1) is 23.3. The summed E-state index contributed by atoms with van der Waals surface area (Å²) in [5, 5.41) is 4.95. The Bertz CT molecular complexity index is 2490. The van der Waals surface area contributed by atoms with Crippen molar-refractivity contribution in [3.05, 3.63) is 170 Å². The van der Waals surface area contributed by atoms with Crippen molar-refractivity contribution in [2.24, 2.45) is 0 Å². The smallest absolute Gasteiger partial charge is 0.161 e. The molecule has 0 bridgehead atoms. The summed E-state index contributed by atoms with van der Waals surface area (Å²) >= 11 is 1.84. The Labute approximate surface area is 277 Å². The normalized spacial score (nSPS) is 11.4. The molecule has 0 aliphatic rings. The number of hydrogen-bond acceptors (Lipinski definition) is 3. The van der Waals surface area contributed by atoms with Gasteiger partial charge in [0.1, 0.15) is 0 Å². The van der Waals surface area contributed by atoms with Gasteiger partial charge in [0.2, 0.25) is 0 Å². The molecule has 0 spiro atoms. The number of hydrogen-bond donors (Lipinski definition) is 0. The Balaban J connectivity index is 1.23. The van der Waals surface area contributed by atoms with Crippen molar-refractivity contribution in [2.45, 2.75) is 0 Å². The zero-order chi connectivity index (χ0) is 31.2. The number of benzene rings is 7. The van der Waals surface area contributed by atoms with Gasteiger partial charge in [-0.3, -0.25) is 0 Å². The molecule has 7 aromatic carbocycles. The topological polar surface area (TPSA) is 25.8 Å². The van der Waals surface area contributed by atoms with Crippen LogP contribution in [0.25, 0.3) is 87.1 Å². The largest absolute Gasteiger partial charge is 0.228 e. The fraction of sp³-hybridized carbons (Fsp3) is 0. The maximum atomic E-state index is 5.20. The van der Waals surface area contributed by atoms with Gasteiger partial charge in [-0.05, 0) is 51.2 Å². The van der Waals surface area contributed by atoms with Crippen LogP contribution in [0.15, 0.2) is 170 Å². The van der Waals surface area contributed by atoms with E-state index in [1.54, 1.807) is 0 Å².